The summed E-state index contributed by atoms with van der Waals surface area (Å²) in [7, 11) is 0. The van der Waals surface area contributed by atoms with E-state index in [9.17, 15) is 0 Å². The number of para-hydroxylation sites is 1. The van der Waals surface area contributed by atoms with Gasteiger partial charge in [0.05, 0.1) is 23.2 Å². The predicted molar refractivity (Wildman–Crippen MR) is 90.7 cm³/mol. The SMILES string of the molecule is Cc1ccccc1N1C(C)c2oc3occc3c2C12CCCC2. The number of hydrogen-bond donors (Lipinski definition) is 0. The zero-order chi connectivity index (χ0) is 15.6. The van der Waals surface area contributed by atoms with Crippen LogP contribution in [0.4, 0.5) is 5.69 Å². The van der Waals surface area contributed by atoms with E-state index in [1.807, 2.05) is 0 Å². The van der Waals surface area contributed by atoms with Gasteiger partial charge in [-0.05, 0) is 44.4 Å². The Kier molecular flexibility index (Phi) is 2.56. The highest BCUT2D eigenvalue weighted by atomic mass is 16.5. The number of fused-ring (bicyclic) bond motifs is 4. The van der Waals surface area contributed by atoms with E-state index >= 15 is 0 Å². The lowest BCUT2D eigenvalue weighted by Gasteiger charge is -2.40. The number of furan rings is 2. The normalized spacial score (nSPS) is 22.3. The number of rotatable bonds is 1. The Morgan fingerprint density at radius 2 is 1.91 bits per heavy atom. The summed E-state index contributed by atoms with van der Waals surface area (Å²) in [5, 5.41) is 1.17. The molecule has 1 aliphatic carbocycles. The van der Waals surface area contributed by atoms with Crippen LogP contribution in [0, 0.1) is 6.92 Å². The lowest BCUT2D eigenvalue weighted by molar-refractivity contribution is 0.400. The number of aryl methyl sites for hydroxylation is 1. The molecule has 2 aliphatic rings. The lowest BCUT2D eigenvalue weighted by Crippen LogP contribution is -2.40. The summed E-state index contributed by atoms with van der Waals surface area (Å²) in [6, 6.07) is 11.0. The Morgan fingerprint density at radius 3 is 2.70 bits per heavy atom. The summed E-state index contributed by atoms with van der Waals surface area (Å²) in [5.41, 5.74) is 4.12. The van der Waals surface area contributed by atoms with E-state index in [-0.39, 0.29) is 11.6 Å². The number of hydrogen-bond acceptors (Lipinski definition) is 3. The minimum absolute atomic E-state index is 0.0655. The van der Waals surface area contributed by atoms with Crippen LogP contribution in [0.25, 0.3) is 11.2 Å². The van der Waals surface area contributed by atoms with Crippen molar-refractivity contribution in [1.29, 1.82) is 0 Å². The standard InChI is InChI=1S/C20H21NO2/c1-13-7-3-4-8-16(13)21-14(2)18-17(20(21)10-5-6-11-20)15-9-12-22-19(15)23-18/h3-4,7-9,12,14H,5-6,10-11H2,1-2H3. The Balaban J connectivity index is 1.79. The van der Waals surface area contributed by atoms with Crippen LogP contribution >= 0.6 is 0 Å². The molecule has 23 heavy (non-hydrogen) atoms. The molecular weight excluding hydrogens is 286 g/mol. The smallest absolute Gasteiger partial charge is 0.297 e. The number of nitrogens with zero attached hydrogens (tertiary/aromatic N) is 1. The topological polar surface area (TPSA) is 29.5 Å². The summed E-state index contributed by atoms with van der Waals surface area (Å²) < 4.78 is 11.7. The van der Waals surface area contributed by atoms with Crippen molar-refractivity contribution in [1.82, 2.24) is 0 Å². The van der Waals surface area contributed by atoms with Crippen LogP contribution < -0.4 is 4.90 Å². The largest absolute Gasteiger partial charge is 0.433 e. The molecule has 2 aromatic heterocycles. The second-order valence-electron chi connectivity index (χ2n) is 7.03. The monoisotopic (exact) mass is 307 g/mol. The number of anilines is 1. The van der Waals surface area contributed by atoms with Crippen LogP contribution in [0.15, 0.2) is 45.4 Å². The fraction of sp³-hybridized carbons (Fsp3) is 0.400. The Labute approximate surface area is 135 Å². The van der Waals surface area contributed by atoms with Crippen LogP contribution in [0.2, 0.25) is 0 Å². The summed E-state index contributed by atoms with van der Waals surface area (Å²) >= 11 is 0. The molecule has 118 valence electrons. The maximum atomic E-state index is 6.13. The molecule has 1 fully saturated rings. The molecule has 3 heterocycles. The van der Waals surface area contributed by atoms with E-state index in [1.54, 1.807) is 6.26 Å². The lowest BCUT2D eigenvalue weighted by atomic mass is 9.88. The van der Waals surface area contributed by atoms with Gasteiger partial charge in [-0.2, -0.15) is 0 Å². The first-order valence-corrected chi connectivity index (χ1v) is 8.58. The molecule has 0 amide bonds. The molecule has 1 aromatic carbocycles. The van der Waals surface area contributed by atoms with Crippen molar-refractivity contribution in [3.05, 3.63) is 53.5 Å². The van der Waals surface area contributed by atoms with Crippen LogP contribution in [0.1, 0.15) is 55.5 Å². The molecule has 3 nitrogen and oxygen atoms in total. The first kappa shape index (κ1) is 13.3. The highest BCUT2D eigenvalue weighted by Crippen LogP contribution is 2.59. The van der Waals surface area contributed by atoms with Gasteiger partial charge < -0.3 is 13.7 Å². The fourth-order valence-electron chi connectivity index (χ4n) is 4.95. The molecule has 5 rings (SSSR count). The summed E-state index contributed by atoms with van der Waals surface area (Å²) in [6.45, 7) is 4.47. The minimum atomic E-state index is 0.0655. The first-order valence-electron chi connectivity index (χ1n) is 8.58. The van der Waals surface area contributed by atoms with E-state index in [2.05, 4.69) is 49.1 Å². The molecule has 3 heteroatoms. The van der Waals surface area contributed by atoms with Crippen LogP contribution in [0.3, 0.4) is 0 Å². The van der Waals surface area contributed by atoms with E-state index in [0.29, 0.717) is 5.78 Å². The van der Waals surface area contributed by atoms with Gasteiger partial charge in [-0.3, -0.25) is 0 Å². The molecule has 3 aromatic rings. The Morgan fingerprint density at radius 1 is 1.13 bits per heavy atom. The molecule has 1 unspecified atom stereocenters. The molecule has 1 aliphatic heterocycles. The second kappa shape index (κ2) is 4.44. The molecule has 1 spiro atoms. The average Bonchev–Trinajstić information content (AvgIpc) is 3.26. The van der Waals surface area contributed by atoms with Crippen molar-refractivity contribution in [2.24, 2.45) is 0 Å². The first-order chi connectivity index (χ1) is 11.2. The summed E-state index contributed by atoms with van der Waals surface area (Å²) in [4.78, 5) is 2.62. The highest BCUT2D eigenvalue weighted by molar-refractivity contribution is 5.83. The van der Waals surface area contributed by atoms with Crippen molar-refractivity contribution in [2.75, 3.05) is 4.90 Å². The zero-order valence-corrected chi connectivity index (χ0v) is 13.6. The van der Waals surface area contributed by atoms with Gasteiger partial charge >= 0.3 is 0 Å². The van der Waals surface area contributed by atoms with Crippen molar-refractivity contribution in [3.63, 3.8) is 0 Å². The van der Waals surface area contributed by atoms with Gasteiger partial charge in [-0.1, -0.05) is 31.0 Å². The predicted octanol–water partition coefficient (Wildman–Crippen LogP) is 5.68. The molecule has 1 atom stereocenters. The van der Waals surface area contributed by atoms with Gasteiger partial charge in [-0.15, -0.1) is 0 Å². The Hall–Kier alpha value is -2.16. The van der Waals surface area contributed by atoms with E-state index in [4.69, 9.17) is 8.83 Å². The molecule has 0 radical (unpaired) electrons. The van der Waals surface area contributed by atoms with Crippen LogP contribution in [0.5, 0.6) is 0 Å². The third-order valence-electron chi connectivity index (χ3n) is 5.85. The quantitative estimate of drug-likeness (QED) is 0.579. The second-order valence-corrected chi connectivity index (χ2v) is 7.03. The Bertz CT molecular complexity index is 882. The minimum Gasteiger partial charge on any atom is -0.433 e. The maximum absolute atomic E-state index is 6.13. The fourth-order valence-corrected chi connectivity index (χ4v) is 4.95. The molecule has 0 N–H and O–H groups in total. The zero-order valence-electron chi connectivity index (χ0n) is 13.6. The molecule has 0 bridgehead atoms. The maximum Gasteiger partial charge on any atom is 0.297 e. The van der Waals surface area contributed by atoms with Crippen molar-refractivity contribution in [2.45, 2.75) is 51.1 Å². The van der Waals surface area contributed by atoms with Gasteiger partial charge in [0, 0.05) is 11.3 Å². The molecular formula is C20H21NO2. The third kappa shape index (κ3) is 1.55. The third-order valence-corrected chi connectivity index (χ3v) is 5.85. The molecule has 1 saturated carbocycles. The summed E-state index contributed by atoms with van der Waals surface area (Å²) in [6.07, 6.45) is 6.69. The van der Waals surface area contributed by atoms with Gasteiger partial charge in [0.2, 0.25) is 0 Å². The van der Waals surface area contributed by atoms with Crippen LogP contribution in [-0.2, 0) is 5.54 Å². The average molecular weight is 307 g/mol. The van der Waals surface area contributed by atoms with E-state index < -0.39 is 0 Å². The van der Waals surface area contributed by atoms with Gasteiger partial charge in [-0.25, -0.2) is 0 Å². The van der Waals surface area contributed by atoms with Crippen LogP contribution in [-0.4, -0.2) is 0 Å². The van der Waals surface area contributed by atoms with E-state index in [1.165, 1.54) is 47.9 Å². The summed E-state index contributed by atoms with van der Waals surface area (Å²) in [5.74, 6) is 1.79. The number of benzene rings is 1. The van der Waals surface area contributed by atoms with Gasteiger partial charge in [0.25, 0.3) is 5.78 Å². The van der Waals surface area contributed by atoms with E-state index in [0.717, 1.165) is 5.76 Å². The van der Waals surface area contributed by atoms with Crippen molar-refractivity contribution < 1.29 is 8.83 Å². The highest BCUT2D eigenvalue weighted by Gasteiger charge is 2.54. The molecule has 0 saturated heterocycles. The van der Waals surface area contributed by atoms with Crippen molar-refractivity contribution >= 4 is 16.9 Å². The van der Waals surface area contributed by atoms with Crippen molar-refractivity contribution in [3.8, 4) is 0 Å². The van der Waals surface area contributed by atoms with Gasteiger partial charge in [0.1, 0.15) is 5.76 Å². The van der Waals surface area contributed by atoms with Gasteiger partial charge in [0.15, 0.2) is 0 Å².